The van der Waals surface area contributed by atoms with E-state index in [4.69, 9.17) is 0 Å². The van der Waals surface area contributed by atoms with Crippen LogP contribution in [0.2, 0.25) is 0 Å². The minimum atomic E-state index is -0.0359. The van der Waals surface area contributed by atoms with Crippen LogP contribution in [0.25, 0.3) is 0 Å². The Balaban J connectivity index is 0.000001000. The molecular weight excluding hydrogens is 133 g/mol. The van der Waals surface area contributed by atoms with Crippen LogP contribution >= 0.6 is 0 Å². The van der Waals surface area contributed by atoms with Gasteiger partial charge in [-0.25, -0.2) is 0 Å². The van der Waals surface area contributed by atoms with Gasteiger partial charge < -0.3 is 5.32 Å². The molecule has 0 heterocycles. The fraction of sp³-hybridized carbons (Fsp3) is 0.125. The van der Waals surface area contributed by atoms with Crippen molar-refractivity contribution in [2.75, 3.05) is 5.32 Å². The van der Waals surface area contributed by atoms with Crippen molar-refractivity contribution in [2.24, 2.45) is 0 Å². The molecule has 0 radical (unpaired) electrons. The van der Waals surface area contributed by atoms with E-state index < -0.39 is 0 Å². The summed E-state index contributed by atoms with van der Waals surface area (Å²) in [4.78, 5) is 10.5. The van der Waals surface area contributed by atoms with Crippen LogP contribution in [0.1, 0.15) is 6.92 Å². The first kappa shape index (κ1) is 10.3. The van der Waals surface area contributed by atoms with E-state index in [0.717, 1.165) is 5.69 Å². The predicted octanol–water partition coefficient (Wildman–Crippen LogP) is -1.35. The zero-order valence-corrected chi connectivity index (χ0v) is 6.79. The van der Waals surface area contributed by atoms with Gasteiger partial charge in [-0.1, -0.05) is 18.2 Å². The number of rotatable bonds is 1. The van der Waals surface area contributed by atoms with Crippen LogP contribution in [-0.4, -0.2) is 5.91 Å². The van der Waals surface area contributed by atoms with E-state index >= 15 is 0 Å². The average molecular weight is 142 g/mol. The summed E-state index contributed by atoms with van der Waals surface area (Å²) in [7, 11) is 0. The van der Waals surface area contributed by atoms with Crippen LogP contribution in [-0.2, 0) is 4.79 Å². The first-order valence-corrected chi connectivity index (χ1v) is 3.11. The Morgan fingerprint density at radius 2 is 1.82 bits per heavy atom. The molecule has 0 aromatic heterocycles. The minimum absolute atomic E-state index is 0. The van der Waals surface area contributed by atoms with Crippen molar-refractivity contribution in [1.82, 2.24) is 0 Å². The number of anilines is 1. The molecule has 0 saturated carbocycles. The second-order valence-corrected chi connectivity index (χ2v) is 2.05. The van der Waals surface area contributed by atoms with E-state index in [-0.39, 0.29) is 24.8 Å². The standard InChI is InChI=1S/C8H9NO.Li/c1-7(10)9-8-5-3-2-4-6-8;/h2-6H,1H3,(H,9,10);/q;+1. The van der Waals surface area contributed by atoms with E-state index in [9.17, 15) is 4.79 Å². The van der Waals surface area contributed by atoms with Crippen molar-refractivity contribution in [3.05, 3.63) is 30.3 Å². The molecule has 52 valence electrons. The zero-order chi connectivity index (χ0) is 7.40. The van der Waals surface area contributed by atoms with E-state index in [2.05, 4.69) is 5.32 Å². The molecule has 0 atom stereocenters. The van der Waals surface area contributed by atoms with Gasteiger partial charge in [0.2, 0.25) is 5.91 Å². The van der Waals surface area contributed by atoms with Crippen LogP contribution in [0, 0.1) is 0 Å². The Hall–Kier alpha value is -0.713. The number of amides is 1. The molecule has 0 aliphatic carbocycles. The van der Waals surface area contributed by atoms with Gasteiger partial charge in [-0.05, 0) is 12.1 Å². The van der Waals surface area contributed by atoms with Crippen molar-refractivity contribution >= 4 is 11.6 Å². The van der Waals surface area contributed by atoms with Crippen LogP contribution in [0.5, 0.6) is 0 Å². The topological polar surface area (TPSA) is 29.1 Å². The van der Waals surface area contributed by atoms with Crippen molar-refractivity contribution in [3.63, 3.8) is 0 Å². The third kappa shape index (κ3) is 3.87. The normalized spacial score (nSPS) is 8.09. The summed E-state index contributed by atoms with van der Waals surface area (Å²) in [6.45, 7) is 1.49. The summed E-state index contributed by atoms with van der Waals surface area (Å²) in [5.74, 6) is -0.0359. The molecule has 1 amide bonds. The zero-order valence-electron chi connectivity index (χ0n) is 6.79. The molecule has 1 aromatic rings. The molecule has 11 heavy (non-hydrogen) atoms. The molecule has 0 spiro atoms. The van der Waals surface area contributed by atoms with Gasteiger partial charge in [-0.2, -0.15) is 0 Å². The van der Waals surface area contributed by atoms with Crippen LogP contribution < -0.4 is 24.2 Å². The predicted molar refractivity (Wildman–Crippen MR) is 40.7 cm³/mol. The number of hydrogen-bond acceptors (Lipinski definition) is 1. The maximum atomic E-state index is 10.5. The molecule has 1 rings (SSSR count). The molecule has 0 aliphatic rings. The molecule has 2 nitrogen and oxygen atoms in total. The number of para-hydroxylation sites is 1. The van der Waals surface area contributed by atoms with Gasteiger partial charge in [-0.15, -0.1) is 0 Å². The molecule has 1 aromatic carbocycles. The summed E-state index contributed by atoms with van der Waals surface area (Å²) >= 11 is 0. The summed E-state index contributed by atoms with van der Waals surface area (Å²) < 4.78 is 0. The second-order valence-electron chi connectivity index (χ2n) is 2.05. The Labute approximate surface area is 78.2 Å². The largest absolute Gasteiger partial charge is 1.00 e. The Kier molecular flexibility index (Phi) is 4.68. The molecule has 1 N–H and O–H groups in total. The fourth-order valence-electron chi connectivity index (χ4n) is 0.725. The first-order chi connectivity index (χ1) is 4.79. The third-order valence-corrected chi connectivity index (χ3v) is 1.09. The van der Waals surface area contributed by atoms with E-state index in [0.29, 0.717) is 0 Å². The third-order valence-electron chi connectivity index (χ3n) is 1.09. The van der Waals surface area contributed by atoms with Crippen molar-refractivity contribution < 1.29 is 23.7 Å². The smallest absolute Gasteiger partial charge is 0.326 e. The number of benzene rings is 1. The number of carbonyl (C=O) groups is 1. The number of nitrogens with one attached hydrogen (secondary N) is 1. The molecule has 0 bridgehead atoms. The average Bonchev–Trinajstić information content (AvgIpc) is 1.88. The number of carbonyl (C=O) groups excluding carboxylic acids is 1. The van der Waals surface area contributed by atoms with Crippen molar-refractivity contribution in [2.45, 2.75) is 6.92 Å². The maximum Gasteiger partial charge on any atom is 1.00 e. The number of hydrogen-bond donors (Lipinski definition) is 1. The van der Waals surface area contributed by atoms with Gasteiger partial charge >= 0.3 is 18.9 Å². The van der Waals surface area contributed by atoms with Gasteiger partial charge in [0.1, 0.15) is 0 Å². The summed E-state index contributed by atoms with van der Waals surface area (Å²) in [6, 6.07) is 9.37. The van der Waals surface area contributed by atoms with E-state index in [1.807, 2.05) is 30.3 Å². The monoisotopic (exact) mass is 142 g/mol. The van der Waals surface area contributed by atoms with E-state index in [1.54, 1.807) is 0 Å². The molecule has 0 aliphatic heterocycles. The van der Waals surface area contributed by atoms with Crippen molar-refractivity contribution in [1.29, 1.82) is 0 Å². The molecule has 0 saturated heterocycles. The Morgan fingerprint density at radius 3 is 2.27 bits per heavy atom. The summed E-state index contributed by atoms with van der Waals surface area (Å²) in [5.41, 5.74) is 0.843. The minimum Gasteiger partial charge on any atom is -0.326 e. The molecular formula is C8H9LiNO+. The summed E-state index contributed by atoms with van der Waals surface area (Å²) in [6.07, 6.45) is 0. The maximum absolute atomic E-state index is 10.5. The van der Waals surface area contributed by atoms with Gasteiger partial charge in [0.15, 0.2) is 0 Å². The van der Waals surface area contributed by atoms with Crippen LogP contribution in [0.3, 0.4) is 0 Å². The fourth-order valence-corrected chi connectivity index (χ4v) is 0.725. The molecule has 0 fully saturated rings. The van der Waals surface area contributed by atoms with Gasteiger partial charge in [-0.3, -0.25) is 4.79 Å². The quantitative estimate of drug-likeness (QED) is 0.482. The van der Waals surface area contributed by atoms with Gasteiger partial charge in [0.25, 0.3) is 0 Å². The summed E-state index contributed by atoms with van der Waals surface area (Å²) in [5, 5.41) is 2.67. The molecule has 0 unspecified atom stereocenters. The van der Waals surface area contributed by atoms with E-state index in [1.165, 1.54) is 6.92 Å². The van der Waals surface area contributed by atoms with Crippen molar-refractivity contribution in [3.8, 4) is 0 Å². The van der Waals surface area contributed by atoms with Gasteiger partial charge in [0, 0.05) is 12.6 Å². The Bertz CT molecular complexity index is 223. The van der Waals surface area contributed by atoms with Gasteiger partial charge in [0.05, 0.1) is 0 Å². The second kappa shape index (κ2) is 5.01. The SMILES string of the molecule is CC(=O)Nc1ccccc1.[Li+]. The van der Waals surface area contributed by atoms with Crippen LogP contribution in [0.4, 0.5) is 5.69 Å². The van der Waals surface area contributed by atoms with Crippen LogP contribution in [0.15, 0.2) is 30.3 Å². The molecule has 3 heteroatoms. The Morgan fingerprint density at radius 1 is 1.27 bits per heavy atom. The first-order valence-electron chi connectivity index (χ1n) is 3.11.